The molecule has 16 nitrogen and oxygen atoms in total. The number of pyridine rings is 1. The van der Waals surface area contributed by atoms with Gasteiger partial charge in [0.15, 0.2) is 5.13 Å². The van der Waals surface area contributed by atoms with Crippen LogP contribution in [0.15, 0.2) is 41.8 Å². The Morgan fingerprint density at radius 3 is 2.44 bits per heavy atom. The maximum absolute atomic E-state index is 15.2. The number of aromatic nitrogens is 2. The second-order valence-corrected chi connectivity index (χ2v) is 20.9. The summed E-state index contributed by atoms with van der Waals surface area (Å²) in [5.74, 6) is -1.15. The van der Waals surface area contributed by atoms with E-state index in [0.29, 0.717) is 65.9 Å². The standard InChI is InChI=1S/C45H59N7O9S2/c1-26(2)46-43-48-35(25-62-43)34-22-38(31-20-17-29(59-4)21-33(31)47-34)61-39-23-37(40(53)50-45(24-27(45)3)42(55)51-63(57,58)30-18-19-30)52-36(39)16-10-8-6-5-7-9-15-32(41(52)54)49-44(56)60-28-13-11-12-14-28/h8,10,17,20-22,25-28,30,32,36-37,39H,5-7,9,11-16,18-19,23-24H2,1-4H3,(H,46,48)(H,49,56)(H,50,53)(H,51,55)/b10-8-/t27-,32?,36?,37+,39-,45?/m1/s1. The largest absolute Gasteiger partial charge is 0.497 e. The van der Waals surface area contributed by atoms with E-state index in [1.807, 2.05) is 49.6 Å². The number of carbonyl (C=O) groups excluding carboxylic acids is 4. The van der Waals surface area contributed by atoms with Crippen LogP contribution < -0.4 is 30.1 Å². The highest BCUT2D eigenvalue weighted by atomic mass is 32.2. The molecule has 63 heavy (non-hydrogen) atoms. The van der Waals surface area contributed by atoms with Crippen molar-refractivity contribution in [3.05, 3.63) is 41.8 Å². The summed E-state index contributed by atoms with van der Waals surface area (Å²) in [5.41, 5.74) is 0.308. The lowest BCUT2D eigenvalue weighted by Crippen LogP contribution is -2.59. The monoisotopic (exact) mass is 905 g/mol. The van der Waals surface area contributed by atoms with Gasteiger partial charge in [-0.2, -0.15) is 0 Å². The van der Waals surface area contributed by atoms with E-state index in [1.165, 1.54) is 16.2 Å². The average molecular weight is 906 g/mol. The summed E-state index contributed by atoms with van der Waals surface area (Å²) in [5, 5.41) is 11.9. The molecule has 4 N–H and O–H groups in total. The van der Waals surface area contributed by atoms with Gasteiger partial charge in [-0.25, -0.2) is 23.2 Å². The Morgan fingerprint density at radius 2 is 1.73 bits per heavy atom. The maximum Gasteiger partial charge on any atom is 0.408 e. The molecule has 6 atom stereocenters. The molecule has 2 aliphatic heterocycles. The molecule has 8 rings (SSSR count). The van der Waals surface area contributed by atoms with Crippen LogP contribution in [-0.2, 0) is 29.1 Å². The molecule has 3 aliphatic carbocycles. The summed E-state index contributed by atoms with van der Waals surface area (Å²) >= 11 is 1.46. The van der Waals surface area contributed by atoms with Crippen LogP contribution in [0.4, 0.5) is 9.93 Å². The van der Waals surface area contributed by atoms with Gasteiger partial charge in [0.25, 0.3) is 5.91 Å². The highest BCUT2D eigenvalue weighted by Crippen LogP contribution is 2.45. The molecule has 340 valence electrons. The number of nitrogens with zero attached hydrogens (tertiary/aromatic N) is 3. The number of hydrogen-bond acceptors (Lipinski definition) is 13. The summed E-state index contributed by atoms with van der Waals surface area (Å²) in [6.45, 7) is 5.85. The number of anilines is 1. The van der Waals surface area contributed by atoms with E-state index < -0.39 is 68.9 Å². The van der Waals surface area contributed by atoms with Crippen molar-refractivity contribution in [1.29, 1.82) is 0 Å². The first kappa shape index (κ1) is 44.6. The predicted octanol–water partition coefficient (Wildman–Crippen LogP) is 6.36. The number of hydrogen-bond donors (Lipinski definition) is 4. The van der Waals surface area contributed by atoms with Crippen molar-refractivity contribution in [3.8, 4) is 22.9 Å². The Labute approximate surface area is 372 Å². The van der Waals surface area contributed by atoms with E-state index >= 15 is 4.79 Å². The van der Waals surface area contributed by atoms with Crippen molar-refractivity contribution in [2.24, 2.45) is 5.92 Å². The Morgan fingerprint density at radius 1 is 0.968 bits per heavy atom. The van der Waals surface area contributed by atoms with Gasteiger partial charge in [-0.15, -0.1) is 11.3 Å². The van der Waals surface area contributed by atoms with E-state index in [9.17, 15) is 22.8 Å². The van der Waals surface area contributed by atoms with Crippen molar-refractivity contribution in [1.82, 2.24) is 30.2 Å². The maximum atomic E-state index is 15.2. The van der Waals surface area contributed by atoms with Crippen molar-refractivity contribution < 1.29 is 41.8 Å². The lowest BCUT2D eigenvalue weighted by Gasteiger charge is -2.34. The number of thiazole rings is 1. The molecule has 5 aliphatic rings. The minimum absolute atomic E-state index is 0.0379. The third-order valence-electron chi connectivity index (χ3n) is 12.9. The molecule has 2 aromatic heterocycles. The fourth-order valence-electron chi connectivity index (χ4n) is 9.11. The summed E-state index contributed by atoms with van der Waals surface area (Å²) in [6, 6.07) is 4.64. The minimum Gasteiger partial charge on any atom is -0.497 e. The van der Waals surface area contributed by atoms with Gasteiger partial charge in [0, 0.05) is 35.4 Å². The lowest BCUT2D eigenvalue weighted by atomic mass is 10.0. The molecule has 3 saturated carbocycles. The van der Waals surface area contributed by atoms with E-state index in [0.717, 1.165) is 50.1 Å². The van der Waals surface area contributed by atoms with Gasteiger partial charge in [-0.1, -0.05) is 31.9 Å². The average Bonchev–Trinajstić information content (AvgIpc) is 4.02. The van der Waals surface area contributed by atoms with Gasteiger partial charge >= 0.3 is 6.09 Å². The molecule has 3 aromatic rings. The number of benzene rings is 1. The Balaban J connectivity index is 1.16. The first-order valence-corrected chi connectivity index (χ1v) is 24.9. The molecule has 18 heteroatoms. The van der Waals surface area contributed by atoms with Crippen molar-refractivity contribution in [2.75, 3.05) is 12.4 Å². The van der Waals surface area contributed by atoms with E-state index in [4.69, 9.17) is 24.2 Å². The number of methoxy groups -OCH3 is 1. The fraction of sp³-hybridized carbons (Fsp3) is 0.600. The molecule has 0 radical (unpaired) electrons. The molecular weight excluding hydrogens is 847 g/mol. The smallest absolute Gasteiger partial charge is 0.408 e. The van der Waals surface area contributed by atoms with Crippen LogP contribution >= 0.6 is 11.3 Å². The number of carbonyl (C=O) groups is 4. The number of alkyl carbamates (subject to hydrolysis) is 1. The topological polar surface area (TPSA) is 207 Å². The molecule has 1 aromatic carbocycles. The number of ether oxygens (including phenoxy) is 3. The molecule has 4 amide bonds. The van der Waals surface area contributed by atoms with Crippen LogP contribution in [0.2, 0.25) is 0 Å². The van der Waals surface area contributed by atoms with Gasteiger partial charge in [0.1, 0.15) is 47.0 Å². The molecule has 4 heterocycles. The molecule has 4 fully saturated rings. The highest BCUT2D eigenvalue weighted by molar-refractivity contribution is 7.91. The predicted molar refractivity (Wildman–Crippen MR) is 239 cm³/mol. The molecule has 3 unspecified atom stereocenters. The van der Waals surface area contributed by atoms with Crippen LogP contribution in [-0.4, -0.2) is 101 Å². The number of amides is 4. The van der Waals surface area contributed by atoms with Gasteiger partial charge in [0.05, 0.1) is 29.6 Å². The number of sulfonamides is 1. The summed E-state index contributed by atoms with van der Waals surface area (Å²) < 4.78 is 46.4. The van der Waals surface area contributed by atoms with Gasteiger partial charge in [-0.05, 0) is 103 Å². The Bertz CT molecular complexity index is 2340. The second kappa shape index (κ2) is 18.6. The van der Waals surface area contributed by atoms with Crippen LogP contribution in [0.3, 0.4) is 0 Å². The first-order chi connectivity index (χ1) is 30.2. The minimum atomic E-state index is -3.90. The number of fused-ring (bicyclic) bond motifs is 2. The highest BCUT2D eigenvalue weighted by Gasteiger charge is 2.61. The number of rotatable bonds is 13. The summed E-state index contributed by atoms with van der Waals surface area (Å²) in [6.07, 6.45) is 11.0. The summed E-state index contributed by atoms with van der Waals surface area (Å²) in [7, 11) is -2.31. The number of nitrogens with one attached hydrogen (secondary N) is 4. The SMILES string of the molecule is COc1ccc2c(O[C@@H]3C[C@@H](C(=O)NC4(C(=O)NS(=O)(=O)C5CC5)C[C@H]4C)N4C(=O)C(NC(=O)OC5CCCC5)CCCCC/C=C\CC34)cc(-c3csc(NC(C)C)n3)nc2c1. The lowest BCUT2D eigenvalue weighted by molar-refractivity contribution is -0.143. The Hall–Kier alpha value is -4.97. The zero-order valence-electron chi connectivity index (χ0n) is 36.4. The van der Waals surface area contributed by atoms with Crippen LogP contribution in [0.25, 0.3) is 22.3 Å². The van der Waals surface area contributed by atoms with Gasteiger partial charge in [0.2, 0.25) is 21.8 Å². The second-order valence-electron chi connectivity index (χ2n) is 18.0. The third-order valence-corrected chi connectivity index (χ3v) is 15.5. The van der Waals surface area contributed by atoms with Crippen molar-refractivity contribution >= 4 is 61.2 Å². The Kier molecular flexibility index (Phi) is 13.2. The molecular formula is C45H59N7O9S2. The van der Waals surface area contributed by atoms with E-state index in [-0.39, 0.29) is 30.9 Å². The fourth-order valence-corrected chi connectivity index (χ4v) is 11.3. The van der Waals surface area contributed by atoms with Gasteiger partial charge < -0.3 is 35.1 Å². The van der Waals surface area contributed by atoms with Crippen LogP contribution in [0.1, 0.15) is 111 Å². The first-order valence-electron chi connectivity index (χ1n) is 22.4. The summed E-state index contributed by atoms with van der Waals surface area (Å²) in [4.78, 5) is 68.4. The number of allylic oxidation sites excluding steroid dienone is 1. The molecule has 0 spiro atoms. The molecule has 0 bridgehead atoms. The van der Waals surface area contributed by atoms with E-state index in [1.54, 1.807) is 14.0 Å². The normalized spacial score (nSPS) is 27.2. The van der Waals surface area contributed by atoms with Crippen molar-refractivity contribution in [2.45, 2.75) is 158 Å². The van der Waals surface area contributed by atoms with E-state index in [2.05, 4.69) is 26.7 Å². The zero-order valence-corrected chi connectivity index (χ0v) is 38.0. The quantitative estimate of drug-likeness (QED) is 0.138. The van der Waals surface area contributed by atoms with Crippen LogP contribution in [0, 0.1) is 5.92 Å². The van der Waals surface area contributed by atoms with Crippen molar-refractivity contribution in [3.63, 3.8) is 0 Å². The van der Waals surface area contributed by atoms with Crippen LogP contribution in [0.5, 0.6) is 11.5 Å². The third kappa shape index (κ3) is 10.1. The zero-order chi connectivity index (χ0) is 44.5. The molecule has 1 saturated heterocycles. The van der Waals surface area contributed by atoms with Gasteiger partial charge in [-0.3, -0.25) is 19.1 Å².